The van der Waals surface area contributed by atoms with Crippen molar-refractivity contribution in [1.29, 1.82) is 0 Å². The first-order chi connectivity index (χ1) is 15.1. The standard InChI is InChI=1S/C27H37N3O2/c1-20(2)29-25(32)27(12-16-30(17-13-27)24(31)19-26(3,4)5)18-21-6-8-22(9-7-21)23-10-14-28-15-11-23/h6-11,14-15,20H,12-13,16-19H2,1-5H3,(H,29,32). The van der Waals surface area contributed by atoms with Crippen LogP contribution in [0, 0.1) is 10.8 Å². The van der Waals surface area contributed by atoms with Gasteiger partial charge in [0.25, 0.3) is 0 Å². The monoisotopic (exact) mass is 435 g/mol. The van der Waals surface area contributed by atoms with E-state index >= 15 is 0 Å². The van der Waals surface area contributed by atoms with Gasteiger partial charge >= 0.3 is 0 Å². The lowest BCUT2D eigenvalue weighted by molar-refractivity contribution is -0.142. The van der Waals surface area contributed by atoms with E-state index in [2.05, 4.69) is 55.3 Å². The summed E-state index contributed by atoms with van der Waals surface area (Å²) in [4.78, 5) is 32.1. The van der Waals surface area contributed by atoms with E-state index < -0.39 is 5.41 Å². The number of aromatic nitrogens is 1. The minimum absolute atomic E-state index is 0.0306. The van der Waals surface area contributed by atoms with Gasteiger partial charge in [0.15, 0.2) is 0 Å². The van der Waals surface area contributed by atoms with Gasteiger partial charge < -0.3 is 10.2 Å². The van der Waals surface area contributed by atoms with E-state index in [0.29, 0.717) is 38.8 Å². The number of hydrogen-bond acceptors (Lipinski definition) is 3. The SMILES string of the molecule is CC(C)NC(=O)C1(Cc2ccc(-c3ccncc3)cc2)CCN(C(=O)CC(C)(C)C)CC1. The summed E-state index contributed by atoms with van der Waals surface area (Å²) in [6, 6.07) is 12.6. The minimum atomic E-state index is -0.485. The van der Waals surface area contributed by atoms with E-state index in [9.17, 15) is 9.59 Å². The predicted octanol–water partition coefficient (Wildman–Crippen LogP) is 4.86. The topological polar surface area (TPSA) is 62.3 Å². The molecule has 32 heavy (non-hydrogen) atoms. The molecule has 1 N–H and O–H groups in total. The normalized spacial score (nSPS) is 16.1. The largest absolute Gasteiger partial charge is 0.353 e. The molecule has 5 heteroatoms. The maximum absolute atomic E-state index is 13.3. The summed E-state index contributed by atoms with van der Waals surface area (Å²) in [5.41, 5.74) is 2.90. The molecule has 1 fully saturated rings. The van der Waals surface area contributed by atoms with Crippen LogP contribution in [0.15, 0.2) is 48.8 Å². The number of piperidine rings is 1. The molecule has 3 rings (SSSR count). The van der Waals surface area contributed by atoms with Crippen LogP contribution < -0.4 is 5.32 Å². The van der Waals surface area contributed by atoms with Crippen LogP contribution in [0.5, 0.6) is 0 Å². The second kappa shape index (κ2) is 9.85. The van der Waals surface area contributed by atoms with Gasteiger partial charge in [-0.3, -0.25) is 14.6 Å². The van der Waals surface area contributed by atoms with Gasteiger partial charge in [0.1, 0.15) is 0 Å². The summed E-state index contributed by atoms with van der Waals surface area (Å²) in [6.45, 7) is 11.5. The average molecular weight is 436 g/mol. The Balaban J connectivity index is 1.75. The molecular weight excluding hydrogens is 398 g/mol. The molecule has 1 aliphatic heterocycles. The maximum atomic E-state index is 13.3. The first-order valence-corrected chi connectivity index (χ1v) is 11.7. The Bertz CT molecular complexity index is 906. The van der Waals surface area contributed by atoms with E-state index in [1.165, 1.54) is 0 Å². The Kier molecular flexibility index (Phi) is 7.37. The summed E-state index contributed by atoms with van der Waals surface area (Å²) in [7, 11) is 0. The summed E-state index contributed by atoms with van der Waals surface area (Å²) >= 11 is 0. The summed E-state index contributed by atoms with van der Waals surface area (Å²) < 4.78 is 0. The Morgan fingerprint density at radius 3 is 2.09 bits per heavy atom. The summed E-state index contributed by atoms with van der Waals surface area (Å²) in [6.07, 6.45) is 6.19. The van der Waals surface area contributed by atoms with Crippen LogP contribution in [0.1, 0.15) is 59.4 Å². The van der Waals surface area contributed by atoms with E-state index in [0.717, 1.165) is 16.7 Å². The van der Waals surface area contributed by atoms with Crippen LogP contribution in [0.2, 0.25) is 0 Å². The highest BCUT2D eigenvalue weighted by molar-refractivity contribution is 5.84. The Morgan fingerprint density at radius 1 is 1.00 bits per heavy atom. The molecule has 0 bridgehead atoms. The number of benzene rings is 1. The third-order valence-electron chi connectivity index (χ3n) is 6.17. The van der Waals surface area contributed by atoms with E-state index in [-0.39, 0.29) is 23.3 Å². The van der Waals surface area contributed by atoms with E-state index in [1.807, 2.05) is 30.9 Å². The van der Waals surface area contributed by atoms with E-state index in [1.54, 1.807) is 12.4 Å². The highest BCUT2D eigenvalue weighted by Crippen LogP contribution is 2.37. The molecule has 0 atom stereocenters. The van der Waals surface area contributed by atoms with Crippen LogP contribution in [0.4, 0.5) is 0 Å². The van der Waals surface area contributed by atoms with Gasteiger partial charge in [-0.2, -0.15) is 0 Å². The smallest absolute Gasteiger partial charge is 0.226 e. The van der Waals surface area contributed by atoms with Gasteiger partial charge in [0, 0.05) is 37.9 Å². The second-order valence-corrected chi connectivity index (χ2v) is 10.6. The molecule has 2 heterocycles. The Labute approximate surface area is 192 Å². The van der Waals surface area contributed by atoms with E-state index in [4.69, 9.17) is 0 Å². The molecule has 0 saturated carbocycles. The molecular formula is C27H37N3O2. The fourth-order valence-corrected chi connectivity index (χ4v) is 4.40. The number of carbonyl (C=O) groups is 2. The van der Waals surface area contributed by atoms with Crippen molar-refractivity contribution in [3.8, 4) is 11.1 Å². The van der Waals surface area contributed by atoms with Crippen LogP contribution in [0.25, 0.3) is 11.1 Å². The molecule has 0 spiro atoms. The molecule has 0 aliphatic carbocycles. The third-order valence-corrected chi connectivity index (χ3v) is 6.17. The van der Waals surface area contributed by atoms with Crippen molar-refractivity contribution >= 4 is 11.8 Å². The summed E-state index contributed by atoms with van der Waals surface area (Å²) in [5.74, 6) is 0.297. The lowest BCUT2D eigenvalue weighted by atomic mass is 9.72. The predicted molar refractivity (Wildman–Crippen MR) is 129 cm³/mol. The van der Waals surface area contributed by atoms with Crippen LogP contribution in [0.3, 0.4) is 0 Å². The van der Waals surface area contributed by atoms with Crippen molar-refractivity contribution in [3.05, 3.63) is 54.4 Å². The fraction of sp³-hybridized carbons (Fsp3) is 0.519. The molecule has 0 radical (unpaired) electrons. The number of hydrogen-bond donors (Lipinski definition) is 1. The van der Waals surface area contributed by atoms with Gasteiger partial charge in [-0.25, -0.2) is 0 Å². The Hall–Kier alpha value is -2.69. The maximum Gasteiger partial charge on any atom is 0.226 e. The number of nitrogens with one attached hydrogen (secondary N) is 1. The Morgan fingerprint density at radius 2 is 1.56 bits per heavy atom. The van der Waals surface area contributed by atoms with Gasteiger partial charge in [-0.05, 0) is 67.3 Å². The van der Waals surface area contributed by atoms with Crippen LogP contribution in [-0.2, 0) is 16.0 Å². The number of likely N-dealkylation sites (tertiary alicyclic amines) is 1. The first kappa shape index (κ1) is 24.0. The molecule has 172 valence electrons. The number of carbonyl (C=O) groups excluding carboxylic acids is 2. The van der Waals surface area contributed by atoms with Crippen LogP contribution in [-0.4, -0.2) is 40.8 Å². The minimum Gasteiger partial charge on any atom is -0.353 e. The lowest BCUT2D eigenvalue weighted by Gasteiger charge is -2.42. The van der Waals surface area contributed by atoms with Crippen molar-refractivity contribution < 1.29 is 9.59 Å². The number of amides is 2. The van der Waals surface area contributed by atoms with Crippen molar-refractivity contribution in [3.63, 3.8) is 0 Å². The quantitative estimate of drug-likeness (QED) is 0.705. The lowest BCUT2D eigenvalue weighted by Crippen LogP contribution is -2.52. The number of rotatable bonds is 6. The molecule has 1 saturated heterocycles. The van der Waals surface area contributed by atoms with Gasteiger partial charge in [0.05, 0.1) is 5.41 Å². The van der Waals surface area contributed by atoms with Crippen molar-refractivity contribution in [2.24, 2.45) is 10.8 Å². The van der Waals surface area contributed by atoms with Crippen molar-refractivity contribution in [2.75, 3.05) is 13.1 Å². The second-order valence-electron chi connectivity index (χ2n) is 10.6. The molecule has 2 amide bonds. The molecule has 1 aliphatic rings. The zero-order valence-corrected chi connectivity index (χ0v) is 20.1. The number of pyridine rings is 1. The fourth-order valence-electron chi connectivity index (χ4n) is 4.40. The zero-order chi connectivity index (χ0) is 23.4. The van der Waals surface area contributed by atoms with Gasteiger partial charge in [-0.15, -0.1) is 0 Å². The van der Waals surface area contributed by atoms with Crippen LogP contribution >= 0.6 is 0 Å². The van der Waals surface area contributed by atoms with Crippen molar-refractivity contribution in [2.45, 2.75) is 66.3 Å². The van der Waals surface area contributed by atoms with Crippen molar-refractivity contribution in [1.82, 2.24) is 15.2 Å². The molecule has 1 aromatic carbocycles. The molecule has 0 unspecified atom stereocenters. The number of nitrogens with zero attached hydrogens (tertiary/aromatic N) is 2. The van der Waals surface area contributed by atoms with Gasteiger partial charge in [0.2, 0.25) is 11.8 Å². The zero-order valence-electron chi connectivity index (χ0n) is 20.1. The molecule has 2 aromatic rings. The molecule has 5 nitrogen and oxygen atoms in total. The highest BCUT2D eigenvalue weighted by atomic mass is 16.2. The average Bonchev–Trinajstić information content (AvgIpc) is 2.73. The highest BCUT2D eigenvalue weighted by Gasteiger charge is 2.42. The van der Waals surface area contributed by atoms with Gasteiger partial charge in [-0.1, -0.05) is 45.0 Å². The molecule has 1 aromatic heterocycles. The first-order valence-electron chi connectivity index (χ1n) is 11.7. The summed E-state index contributed by atoms with van der Waals surface area (Å²) in [5, 5.41) is 3.14. The third kappa shape index (κ3) is 6.18.